The van der Waals surface area contributed by atoms with Crippen LogP contribution in [0.1, 0.15) is 39.9 Å². The third-order valence-corrected chi connectivity index (χ3v) is 5.74. The van der Waals surface area contributed by atoms with E-state index < -0.39 is 11.7 Å². The number of benzene rings is 2. The lowest BCUT2D eigenvalue weighted by molar-refractivity contribution is -0.128. The molecule has 5 nitrogen and oxygen atoms in total. The molecule has 0 saturated carbocycles. The van der Waals surface area contributed by atoms with Gasteiger partial charge in [0.25, 0.3) is 5.91 Å². The number of nitrogens with one attached hydrogen (secondary N) is 1. The number of amides is 2. The van der Waals surface area contributed by atoms with Crippen molar-refractivity contribution in [2.24, 2.45) is 5.41 Å². The van der Waals surface area contributed by atoms with Crippen molar-refractivity contribution in [2.45, 2.75) is 32.2 Å². The van der Waals surface area contributed by atoms with Crippen LogP contribution in [0.15, 0.2) is 42.5 Å². The molecule has 2 aromatic carbocycles. The Balaban J connectivity index is 1.55. The summed E-state index contributed by atoms with van der Waals surface area (Å²) in [6.45, 7) is 0.467. The number of fused-ring (bicyclic) bond motifs is 1. The van der Waals surface area contributed by atoms with Crippen LogP contribution in [0.5, 0.6) is 0 Å². The summed E-state index contributed by atoms with van der Waals surface area (Å²) in [5.41, 5.74) is 2.32. The minimum Gasteiger partial charge on any atom is -0.356 e. The second-order valence-electron chi connectivity index (χ2n) is 7.40. The zero-order valence-corrected chi connectivity index (χ0v) is 14.9. The van der Waals surface area contributed by atoms with E-state index in [9.17, 15) is 19.2 Å². The fraction of sp³-hybridized carbons (Fsp3) is 0.333. The molecule has 1 heterocycles. The molecule has 2 N–H and O–H groups in total. The van der Waals surface area contributed by atoms with Crippen LogP contribution in [0.25, 0.3) is 0 Å². The van der Waals surface area contributed by atoms with E-state index in [4.69, 9.17) is 0 Å². The maximum Gasteiger partial charge on any atom is 0.277 e. The quantitative estimate of drug-likeness (QED) is 0.647. The summed E-state index contributed by atoms with van der Waals surface area (Å²) in [6, 6.07) is 11.4. The first kappa shape index (κ1) is 17.7. The molecule has 140 valence electrons. The molecule has 0 bridgehead atoms. The second kappa shape index (κ2) is 6.78. The summed E-state index contributed by atoms with van der Waals surface area (Å²) >= 11 is 0. The van der Waals surface area contributed by atoms with E-state index in [2.05, 4.69) is 5.32 Å². The van der Waals surface area contributed by atoms with Crippen LogP contribution < -0.4 is 5.32 Å². The number of aryl methyl sites for hydroxylation is 1. The summed E-state index contributed by atoms with van der Waals surface area (Å²) in [4.78, 5) is 24.9. The molecule has 0 aromatic heterocycles. The van der Waals surface area contributed by atoms with Gasteiger partial charge in [0, 0.05) is 17.7 Å². The Hall–Kier alpha value is -2.73. The van der Waals surface area contributed by atoms with Gasteiger partial charge in [-0.15, -0.1) is 0 Å². The largest absolute Gasteiger partial charge is 0.356 e. The van der Waals surface area contributed by atoms with Crippen LogP contribution >= 0.6 is 0 Å². The highest BCUT2D eigenvalue weighted by molar-refractivity contribution is 5.94. The lowest BCUT2D eigenvalue weighted by Crippen LogP contribution is -2.36. The van der Waals surface area contributed by atoms with Crippen molar-refractivity contribution in [3.8, 4) is 0 Å². The van der Waals surface area contributed by atoms with E-state index in [1.807, 2.05) is 6.07 Å². The van der Waals surface area contributed by atoms with E-state index >= 15 is 0 Å². The van der Waals surface area contributed by atoms with Crippen molar-refractivity contribution in [2.75, 3.05) is 6.54 Å². The number of hydrogen-bond donors (Lipinski definition) is 2. The first-order valence-electron chi connectivity index (χ1n) is 9.13. The molecule has 1 fully saturated rings. The van der Waals surface area contributed by atoms with Crippen molar-refractivity contribution in [1.29, 1.82) is 0 Å². The second-order valence-corrected chi connectivity index (χ2v) is 7.40. The number of carbonyl (C=O) groups is 2. The third kappa shape index (κ3) is 3.21. The maximum absolute atomic E-state index is 13.8. The number of hydrogen-bond acceptors (Lipinski definition) is 3. The minimum absolute atomic E-state index is 0.0909. The van der Waals surface area contributed by atoms with Gasteiger partial charge in [-0.3, -0.25) is 14.8 Å². The molecule has 2 amide bonds. The Kier molecular flexibility index (Phi) is 4.44. The van der Waals surface area contributed by atoms with Gasteiger partial charge in [0.1, 0.15) is 5.82 Å². The summed E-state index contributed by atoms with van der Waals surface area (Å²) in [5.74, 6) is -0.964. The van der Waals surface area contributed by atoms with Gasteiger partial charge in [-0.1, -0.05) is 24.3 Å². The monoisotopic (exact) mass is 368 g/mol. The summed E-state index contributed by atoms with van der Waals surface area (Å²) in [7, 11) is 0. The van der Waals surface area contributed by atoms with E-state index in [1.165, 1.54) is 12.1 Å². The number of carbonyl (C=O) groups excluding carboxylic acids is 2. The van der Waals surface area contributed by atoms with Crippen molar-refractivity contribution >= 4 is 11.8 Å². The van der Waals surface area contributed by atoms with E-state index in [0.717, 1.165) is 30.4 Å². The molecule has 1 aliphatic heterocycles. The van der Waals surface area contributed by atoms with Gasteiger partial charge in [-0.2, -0.15) is 0 Å². The smallest absolute Gasteiger partial charge is 0.277 e. The van der Waals surface area contributed by atoms with Crippen LogP contribution in [0.3, 0.4) is 0 Å². The third-order valence-electron chi connectivity index (χ3n) is 5.74. The first-order valence-corrected chi connectivity index (χ1v) is 9.13. The van der Waals surface area contributed by atoms with Crippen LogP contribution in [-0.4, -0.2) is 28.6 Å². The number of nitrogens with zero attached hydrogens (tertiary/aromatic N) is 1. The van der Waals surface area contributed by atoms with Gasteiger partial charge in [0.2, 0.25) is 5.91 Å². The minimum atomic E-state index is -0.587. The van der Waals surface area contributed by atoms with E-state index in [0.29, 0.717) is 23.6 Å². The van der Waals surface area contributed by atoms with Gasteiger partial charge in [0.15, 0.2) is 0 Å². The molecule has 0 radical (unpaired) electrons. The normalized spacial score (nSPS) is 21.0. The average molecular weight is 368 g/mol. The predicted octanol–water partition coefficient (Wildman–Crippen LogP) is 2.85. The fourth-order valence-electron chi connectivity index (χ4n) is 4.13. The van der Waals surface area contributed by atoms with Crippen LogP contribution in [-0.2, 0) is 24.2 Å². The highest BCUT2D eigenvalue weighted by atomic mass is 19.1. The molecule has 2 aliphatic rings. The summed E-state index contributed by atoms with van der Waals surface area (Å²) < 4.78 is 13.8. The molecule has 4 rings (SSSR count). The molecule has 1 atom stereocenters. The Bertz CT molecular complexity index is 914. The van der Waals surface area contributed by atoms with Gasteiger partial charge in [0.05, 0.1) is 12.0 Å². The van der Waals surface area contributed by atoms with Gasteiger partial charge < -0.3 is 5.32 Å². The molecule has 1 saturated heterocycles. The maximum atomic E-state index is 13.8. The van der Waals surface area contributed by atoms with Crippen LogP contribution in [0.4, 0.5) is 4.39 Å². The topological polar surface area (TPSA) is 69.6 Å². The van der Waals surface area contributed by atoms with Gasteiger partial charge >= 0.3 is 0 Å². The lowest BCUT2D eigenvalue weighted by Gasteiger charge is -2.32. The van der Waals surface area contributed by atoms with Crippen molar-refractivity contribution < 1.29 is 19.2 Å². The fourth-order valence-corrected chi connectivity index (χ4v) is 4.13. The zero-order valence-electron chi connectivity index (χ0n) is 14.9. The van der Waals surface area contributed by atoms with Crippen LogP contribution in [0, 0.1) is 11.2 Å². The lowest BCUT2D eigenvalue weighted by atomic mass is 9.70. The molecule has 1 aliphatic carbocycles. The van der Waals surface area contributed by atoms with Crippen LogP contribution in [0.2, 0.25) is 0 Å². The number of halogens is 1. The standard InChI is InChI=1S/C21H21FN2O3/c22-18-4-2-1-3-16(18)13-24(27)19(25)15-6-5-14-7-8-21(12-17(14)11-15)9-10-23-20(21)26/h1-6,11,27H,7-10,12-13H2,(H,23,26)/t21-/m1/s1. The van der Waals surface area contributed by atoms with E-state index in [1.54, 1.807) is 24.3 Å². The Labute approximate surface area is 156 Å². The zero-order chi connectivity index (χ0) is 19.0. The number of rotatable bonds is 3. The first-order chi connectivity index (χ1) is 13.0. The summed E-state index contributed by atoms with van der Waals surface area (Å²) in [5, 5.41) is 13.6. The van der Waals surface area contributed by atoms with E-state index in [-0.39, 0.29) is 23.4 Å². The Morgan fingerprint density at radius 2 is 2.00 bits per heavy atom. The summed E-state index contributed by atoms with van der Waals surface area (Å²) in [6.07, 6.45) is 3.03. The van der Waals surface area contributed by atoms with Crippen molar-refractivity contribution in [3.63, 3.8) is 0 Å². The molecule has 0 unspecified atom stereocenters. The van der Waals surface area contributed by atoms with Gasteiger partial charge in [-0.05, 0) is 55.0 Å². The SMILES string of the molecule is O=C(c1ccc2c(c1)C[C@]1(CCNC1=O)CC2)N(O)Cc1ccccc1F. The Morgan fingerprint density at radius 1 is 1.19 bits per heavy atom. The molecular weight excluding hydrogens is 347 g/mol. The molecule has 27 heavy (non-hydrogen) atoms. The molecule has 2 aromatic rings. The number of hydroxylamine groups is 2. The molecule has 6 heteroatoms. The molecular formula is C21H21FN2O3. The predicted molar refractivity (Wildman–Crippen MR) is 96.6 cm³/mol. The van der Waals surface area contributed by atoms with Gasteiger partial charge in [-0.25, -0.2) is 9.45 Å². The average Bonchev–Trinajstić information content (AvgIpc) is 3.02. The highest BCUT2D eigenvalue weighted by Gasteiger charge is 2.44. The highest BCUT2D eigenvalue weighted by Crippen LogP contribution is 2.41. The Morgan fingerprint density at radius 3 is 2.74 bits per heavy atom. The van der Waals surface area contributed by atoms with Crippen molar-refractivity contribution in [1.82, 2.24) is 10.4 Å². The van der Waals surface area contributed by atoms with Crippen molar-refractivity contribution in [3.05, 3.63) is 70.5 Å². The molecule has 1 spiro atoms.